The molecule has 114 valence electrons. The van der Waals surface area contributed by atoms with Gasteiger partial charge < -0.3 is 9.05 Å². The van der Waals surface area contributed by atoms with Crippen molar-refractivity contribution in [1.82, 2.24) is 0 Å². The van der Waals surface area contributed by atoms with Crippen molar-refractivity contribution in [2.45, 2.75) is 71.6 Å². The molecule has 1 fully saturated rings. The van der Waals surface area contributed by atoms with E-state index in [-0.39, 0.29) is 0 Å². The number of rotatable bonds is 10. The fourth-order valence-electron chi connectivity index (χ4n) is 2.58. The van der Waals surface area contributed by atoms with Gasteiger partial charge in [0.1, 0.15) is 0 Å². The highest BCUT2D eigenvalue weighted by Gasteiger charge is 2.24. The molecule has 0 saturated heterocycles. The molecule has 19 heavy (non-hydrogen) atoms. The van der Waals surface area contributed by atoms with Gasteiger partial charge in [0.2, 0.25) is 0 Å². The van der Waals surface area contributed by atoms with Crippen LogP contribution in [0.5, 0.6) is 0 Å². The molecular weight excluding hydrogens is 259 g/mol. The van der Waals surface area contributed by atoms with Gasteiger partial charge in [-0.25, -0.2) is 0 Å². The van der Waals surface area contributed by atoms with Crippen LogP contribution >= 0.6 is 7.60 Å². The molecule has 1 atom stereocenters. The average Bonchev–Trinajstić information content (AvgIpc) is 2.44. The minimum atomic E-state index is -2.82. The van der Waals surface area contributed by atoms with Crippen LogP contribution in [-0.2, 0) is 13.6 Å². The average molecular weight is 290 g/mol. The van der Waals surface area contributed by atoms with E-state index in [1.807, 2.05) is 6.92 Å². The molecule has 1 aliphatic rings. The molecule has 0 aromatic heterocycles. The van der Waals surface area contributed by atoms with Crippen LogP contribution in [0.2, 0.25) is 0 Å². The molecule has 0 spiro atoms. The van der Waals surface area contributed by atoms with Gasteiger partial charge in [-0.3, -0.25) is 4.57 Å². The molecule has 0 aromatic rings. The SMILES string of the molecule is CCCCP(=O)(OCCC)OCCC1CCCCC1. The molecule has 0 N–H and O–H groups in total. The van der Waals surface area contributed by atoms with E-state index in [0.717, 1.165) is 31.6 Å². The summed E-state index contributed by atoms with van der Waals surface area (Å²) in [5, 5.41) is 0. The van der Waals surface area contributed by atoms with Gasteiger partial charge in [0.15, 0.2) is 0 Å². The first-order valence-corrected chi connectivity index (χ1v) is 9.81. The van der Waals surface area contributed by atoms with Gasteiger partial charge in [0.05, 0.1) is 19.4 Å². The lowest BCUT2D eigenvalue weighted by Crippen LogP contribution is -2.10. The Morgan fingerprint density at radius 2 is 1.68 bits per heavy atom. The Bertz CT molecular complexity index is 250. The van der Waals surface area contributed by atoms with Crippen molar-refractivity contribution in [2.24, 2.45) is 5.92 Å². The van der Waals surface area contributed by atoms with Gasteiger partial charge in [0.25, 0.3) is 0 Å². The molecule has 0 aromatic carbocycles. The summed E-state index contributed by atoms with van der Waals surface area (Å²) in [6.07, 6.45) is 11.2. The first-order valence-electron chi connectivity index (χ1n) is 8.08. The van der Waals surface area contributed by atoms with E-state index in [2.05, 4.69) is 6.92 Å². The molecule has 1 rings (SSSR count). The van der Waals surface area contributed by atoms with Crippen LogP contribution < -0.4 is 0 Å². The Kier molecular flexibility index (Phi) is 9.02. The van der Waals surface area contributed by atoms with Crippen molar-refractivity contribution in [3.05, 3.63) is 0 Å². The smallest absolute Gasteiger partial charge is 0.309 e. The van der Waals surface area contributed by atoms with Crippen LogP contribution in [-0.4, -0.2) is 19.4 Å². The number of unbranched alkanes of at least 4 members (excludes halogenated alkanes) is 1. The van der Waals surface area contributed by atoms with E-state index in [0.29, 0.717) is 19.4 Å². The van der Waals surface area contributed by atoms with Gasteiger partial charge in [0, 0.05) is 0 Å². The molecular formula is C15H31O3P. The molecule has 0 amide bonds. The quantitative estimate of drug-likeness (QED) is 0.506. The van der Waals surface area contributed by atoms with Crippen molar-refractivity contribution in [2.75, 3.05) is 19.4 Å². The van der Waals surface area contributed by atoms with Crippen LogP contribution in [0.3, 0.4) is 0 Å². The minimum Gasteiger partial charge on any atom is -0.309 e. The fraction of sp³-hybridized carbons (Fsp3) is 1.00. The van der Waals surface area contributed by atoms with Crippen molar-refractivity contribution < 1.29 is 13.6 Å². The summed E-state index contributed by atoms with van der Waals surface area (Å²) in [6, 6.07) is 0. The highest BCUT2D eigenvalue weighted by atomic mass is 31.2. The zero-order chi connectivity index (χ0) is 14.0. The second-order valence-electron chi connectivity index (χ2n) is 5.65. The molecule has 3 nitrogen and oxygen atoms in total. The maximum Gasteiger partial charge on any atom is 0.330 e. The van der Waals surface area contributed by atoms with Crippen molar-refractivity contribution in [1.29, 1.82) is 0 Å². The minimum absolute atomic E-state index is 0.546. The van der Waals surface area contributed by atoms with E-state index in [1.54, 1.807) is 0 Å². The molecule has 4 heteroatoms. The molecule has 1 unspecified atom stereocenters. The highest BCUT2D eigenvalue weighted by Crippen LogP contribution is 2.49. The first kappa shape index (κ1) is 17.2. The molecule has 1 aliphatic carbocycles. The largest absolute Gasteiger partial charge is 0.330 e. The zero-order valence-corrected chi connectivity index (χ0v) is 13.6. The Hall–Kier alpha value is 0.150. The Balaban J connectivity index is 2.27. The molecule has 1 saturated carbocycles. The summed E-state index contributed by atoms with van der Waals surface area (Å²) in [6.45, 7) is 5.29. The summed E-state index contributed by atoms with van der Waals surface area (Å²) < 4.78 is 23.7. The summed E-state index contributed by atoms with van der Waals surface area (Å²) in [7, 11) is -2.82. The van der Waals surface area contributed by atoms with Crippen molar-refractivity contribution >= 4 is 7.60 Å². The Labute approximate surface area is 119 Å². The third-order valence-corrected chi connectivity index (χ3v) is 5.83. The predicted octanol–water partition coefficient (Wildman–Crippen LogP) is 5.39. The van der Waals surface area contributed by atoms with E-state index >= 15 is 0 Å². The molecule has 0 aliphatic heterocycles. The summed E-state index contributed by atoms with van der Waals surface area (Å²) in [5.74, 6) is 0.777. The monoisotopic (exact) mass is 290 g/mol. The number of hydrogen-bond acceptors (Lipinski definition) is 3. The Morgan fingerprint density at radius 1 is 1.00 bits per heavy atom. The van der Waals surface area contributed by atoms with E-state index < -0.39 is 7.60 Å². The second kappa shape index (κ2) is 9.96. The third kappa shape index (κ3) is 7.48. The van der Waals surface area contributed by atoms with Gasteiger partial charge in [-0.05, 0) is 25.2 Å². The number of hydrogen-bond donors (Lipinski definition) is 0. The van der Waals surface area contributed by atoms with Crippen LogP contribution in [0.25, 0.3) is 0 Å². The summed E-state index contributed by atoms with van der Waals surface area (Å²) >= 11 is 0. The van der Waals surface area contributed by atoms with Crippen LogP contribution in [0.15, 0.2) is 0 Å². The topological polar surface area (TPSA) is 35.5 Å². The second-order valence-corrected chi connectivity index (χ2v) is 7.83. The van der Waals surface area contributed by atoms with E-state index in [4.69, 9.17) is 9.05 Å². The summed E-state index contributed by atoms with van der Waals surface area (Å²) in [5.41, 5.74) is 0. The molecule has 0 heterocycles. The van der Waals surface area contributed by atoms with Gasteiger partial charge in [-0.2, -0.15) is 0 Å². The van der Waals surface area contributed by atoms with E-state index in [1.165, 1.54) is 32.1 Å². The maximum atomic E-state index is 12.5. The molecule has 0 bridgehead atoms. The molecule has 0 radical (unpaired) electrons. The van der Waals surface area contributed by atoms with Crippen LogP contribution in [0, 0.1) is 5.92 Å². The van der Waals surface area contributed by atoms with Gasteiger partial charge in [-0.1, -0.05) is 52.4 Å². The fourth-order valence-corrected chi connectivity index (χ4v) is 4.46. The predicted molar refractivity (Wildman–Crippen MR) is 80.8 cm³/mol. The lowest BCUT2D eigenvalue weighted by molar-refractivity contribution is 0.184. The van der Waals surface area contributed by atoms with Gasteiger partial charge >= 0.3 is 7.60 Å². The lowest BCUT2D eigenvalue weighted by atomic mass is 9.87. The van der Waals surface area contributed by atoms with Crippen molar-refractivity contribution in [3.8, 4) is 0 Å². The summed E-state index contributed by atoms with van der Waals surface area (Å²) in [4.78, 5) is 0. The Morgan fingerprint density at radius 3 is 2.32 bits per heavy atom. The third-order valence-electron chi connectivity index (χ3n) is 3.82. The highest BCUT2D eigenvalue weighted by molar-refractivity contribution is 7.53. The standard InChI is InChI=1S/C15H31O3P/c1-3-5-14-19(16,17-12-4-2)18-13-11-15-9-7-6-8-10-15/h15H,3-14H2,1-2H3. The van der Waals surface area contributed by atoms with Crippen molar-refractivity contribution in [3.63, 3.8) is 0 Å². The van der Waals surface area contributed by atoms with Crippen LogP contribution in [0.1, 0.15) is 71.6 Å². The lowest BCUT2D eigenvalue weighted by Gasteiger charge is -2.23. The first-order chi connectivity index (χ1) is 9.20. The van der Waals surface area contributed by atoms with Crippen LogP contribution in [0.4, 0.5) is 0 Å². The maximum absolute atomic E-state index is 12.5. The normalized spacial score (nSPS) is 20.3. The van der Waals surface area contributed by atoms with E-state index in [9.17, 15) is 4.57 Å². The van der Waals surface area contributed by atoms with Gasteiger partial charge in [-0.15, -0.1) is 0 Å². The zero-order valence-electron chi connectivity index (χ0n) is 12.7.